The van der Waals surface area contributed by atoms with E-state index >= 15 is 0 Å². The Bertz CT molecular complexity index is 1200. The Kier molecular flexibility index (Phi) is 6.60. The topological polar surface area (TPSA) is 93.4 Å². The van der Waals surface area contributed by atoms with Crippen molar-refractivity contribution in [1.82, 2.24) is 25.1 Å². The molecule has 2 heterocycles. The number of rotatable bonds is 9. The lowest BCUT2D eigenvalue weighted by Crippen LogP contribution is -2.26. The van der Waals surface area contributed by atoms with Gasteiger partial charge in [0.25, 0.3) is 5.91 Å². The summed E-state index contributed by atoms with van der Waals surface area (Å²) < 4.78 is 7.12. The van der Waals surface area contributed by atoms with Crippen molar-refractivity contribution in [3.63, 3.8) is 0 Å². The monoisotopic (exact) mass is 430 g/mol. The number of carbonyl (C=O) groups is 1. The van der Waals surface area contributed by atoms with Crippen LogP contribution in [0.25, 0.3) is 5.65 Å². The molecule has 0 radical (unpaired) electrons. The third-order valence-corrected chi connectivity index (χ3v) is 5.17. The predicted molar refractivity (Wildman–Crippen MR) is 123 cm³/mol. The van der Waals surface area contributed by atoms with Gasteiger partial charge in [-0.3, -0.25) is 4.79 Å². The normalized spacial score (nSPS) is 10.8. The molecular formula is C24H26N6O2. The molecule has 0 atom stereocenters. The van der Waals surface area contributed by atoms with Gasteiger partial charge in [0, 0.05) is 25.1 Å². The summed E-state index contributed by atoms with van der Waals surface area (Å²) in [6.07, 6.45) is 1.33. The maximum absolute atomic E-state index is 12.3. The first-order valence-electron chi connectivity index (χ1n) is 10.6. The molecule has 2 aromatic heterocycles. The number of ether oxygens (including phenoxy) is 1. The van der Waals surface area contributed by atoms with Crippen molar-refractivity contribution in [3.05, 3.63) is 83.2 Å². The smallest absolute Gasteiger partial charge is 0.251 e. The predicted octanol–water partition coefficient (Wildman–Crippen LogP) is 3.07. The van der Waals surface area contributed by atoms with Gasteiger partial charge in [0.1, 0.15) is 11.6 Å². The highest BCUT2D eigenvalue weighted by Gasteiger charge is 2.10. The number of aromatic nitrogens is 4. The number of nitrogens with zero attached hydrogens (tertiary/aromatic N) is 4. The van der Waals surface area contributed by atoms with E-state index in [1.165, 1.54) is 0 Å². The molecule has 4 rings (SSSR count). The highest BCUT2D eigenvalue weighted by molar-refractivity contribution is 5.94. The van der Waals surface area contributed by atoms with E-state index in [0.29, 0.717) is 36.5 Å². The lowest BCUT2D eigenvalue weighted by molar-refractivity contribution is 0.0954. The molecule has 32 heavy (non-hydrogen) atoms. The van der Waals surface area contributed by atoms with Crippen LogP contribution in [0, 0.1) is 6.92 Å². The van der Waals surface area contributed by atoms with Crippen molar-refractivity contribution in [2.24, 2.45) is 0 Å². The van der Waals surface area contributed by atoms with Gasteiger partial charge in [-0.15, -0.1) is 15.3 Å². The van der Waals surface area contributed by atoms with Crippen molar-refractivity contribution < 1.29 is 9.53 Å². The molecule has 0 saturated carbocycles. The van der Waals surface area contributed by atoms with Crippen molar-refractivity contribution in [3.8, 4) is 5.75 Å². The van der Waals surface area contributed by atoms with Crippen LogP contribution in [0.1, 0.15) is 27.3 Å². The number of benzene rings is 2. The summed E-state index contributed by atoms with van der Waals surface area (Å²) in [5, 5.41) is 19.3. The average Bonchev–Trinajstić information content (AvgIpc) is 3.22. The van der Waals surface area contributed by atoms with E-state index in [1.54, 1.807) is 11.6 Å². The number of para-hydroxylation sites is 1. The van der Waals surface area contributed by atoms with E-state index < -0.39 is 0 Å². The lowest BCUT2D eigenvalue weighted by Gasteiger charge is -2.09. The first kappa shape index (κ1) is 21.3. The number of amides is 1. The number of fused-ring (bicyclic) bond motifs is 1. The van der Waals surface area contributed by atoms with Gasteiger partial charge in [-0.2, -0.15) is 4.52 Å². The van der Waals surface area contributed by atoms with Gasteiger partial charge in [-0.25, -0.2) is 0 Å². The molecule has 8 heteroatoms. The Morgan fingerprint density at radius 1 is 0.969 bits per heavy atom. The van der Waals surface area contributed by atoms with Gasteiger partial charge < -0.3 is 15.4 Å². The minimum atomic E-state index is -0.106. The van der Waals surface area contributed by atoms with Crippen molar-refractivity contribution in [1.29, 1.82) is 0 Å². The fraction of sp³-hybridized carbons (Fsp3) is 0.250. The molecular weight excluding hydrogens is 404 g/mol. The van der Waals surface area contributed by atoms with Crippen LogP contribution in [0.3, 0.4) is 0 Å². The number of methoxy groups -OCH3 is 1. The quantitative estimate of drug-likeness (QED) is 0.424. The van der Waals surface area contributed by atoms with Gasteiger partial charge in [0.2, 0.25) is 0 Å². The SMILES string of the molecule is COc1ccccc1CCNc1ccc2nnc(CCNC(=O)c3ccc(C)cc3)n2n1. The van der Waals surface area contributed by atoms with Gasteiger partial charge in [-0.05, 0) is 49.2 Å². The molecule has 0 saturated heterocycles. The summed E-state index contributed by atoms with van der Waals surface area (Å²) in [4.78, 5) is 12.3. The Hall–Kier alpha value is -3.94. The van der Waals surface area contributed by atoms with Gasteiger partial charge in [0.05, 0.1) is 7.11 Å². The summed E-state index contributed by atoms with van der Waals surface area (Å²) >= 11 is 0. The summed E-state index contributed by atoms with van der Waals surface area (Å²) in [5.74, 6) is 2.20. The zero-order valence-electron chi connectivity index (χ0n) is 18.2. The summed E-state index contributed by atoms with van der Waals surface area (Å²) in [6.45, 7) is 3.15. The van der Waals surface area contributed by atoms with Gasteiger partial charge in [0.15, 0.2) is 11.5 Å². The van der Waals surface area contributed by atoms with Crippen molar-refractivity contribution >= 4 is 17.4 Å². The van der Waals surface area contributed by atoms with Gasteiger partial charge >= 0.3 is 0 Å². The summed E-state index contributed by atoms with van der Waals surface area (Å²) in [6, 6.07) is 19.2. The molecule has 2 N–H and O–H groups in total. The van der Waals surface area contributed by atoms with E-state index in [4.69, 9.17) is 4.74 Å². The first-order chi connectivity index (χ1) is 15.6. The second-order valence-corrected chi connectivity index (χ2v) is 7.47. The Labute approximate surface area is 186 Å². The Morgan fingerprint density at radius 2 is 1.78 bits per heavy atom. The third kappa shape index (κ3) is 5.03. The van der Waals surface area contributed by atoms with E-state index in [2.05, 4.69) is 32.0 Å². The van der Waals surface area contributed by atoms with Crippen molar-refractivity contribution in [2.75, 3.05) is 25.5 Å². The molecule has 0 bridgehead atoms. The molecule has 164 valence electrons. The molecule has 0 fully saturated rings. The number of hydrogen-bond donors (Lipinski definition) is 2. The Balaban J connectivity index is 1.35. The summed E-state index contributed by atoms with van der Waals surface area (Å²) in [5.41, 5.74) is 3.56. The van der Waals surface area contributed by atoms with Crippen LogP contribution in [-0.2, 0) is 12.8 Å². The van der Waals surface area contributed by atoms with E-state index in [9.17, 15) is 4.79 Å². The van der Waals surface area contributed by atoms with Crippen molar-refractivity contribution in [2.45, 2.75) is 19.8 Å². The Morgan fingerprint density at radius 3 is 2.59 bits per heavy atom. The molecule has 8 nitrogen and oxygen atoms in total. The number of aryl methyl sites for hydroxylation is 1. The fourth-order valence-electron chi connectivity index (χ4n) is 3.41. The van der Waals surface area contributed by atoms with E-state index in [1.807, 2.05) is 61.5 Å². The van der Waals surface area contributed by atoms with Gasteiger partial charge in [-0.1, -0.05) is 35.9 Å². The lowest BCUT2D eigenvalue weighted by atomic mass is 10.1. The number of carbonyl (C=O) groups excluding carboxylic acids is 1. The number of hydrogen-bond acceptors (Lipinski definition) is 6. The molecule has 4 aromatic rings. The molecule has 2 aromatic carbocycles. The molecule has 0 spiro atoms. The zero-order valence-corrected chi connectivity index (χ0v) is 18.2. The second kappa shape index (κ2) is 9.91. The van der Waals surface area contributed by atoms with Crippen LogP contribution in [-0.4, -0.2) is 45.9 Å². The largest absolute Gasteiger partial charge is 0.496 e. The average molecular weight is 431 g/mol. The molecule has 0 aliphatic carbocycles. The number of anilines is 1. The highest BCUT2D eigenvalue weighted by atomic mass is 16.5. The summed E-state index contributed by atoms with van der Waals surface area (Å²) in [7, 11) is 1.68. The maximum Gasteiger partial charge on any atom is 0.251 e. The van der Waals surface area contributed by atoms with Crippen LogP contribution in [0.2, 0.25) is 0 Å². The molecule has 0 aliphatic rings. The van der Waals surface area contributed by atoms with Crippen LogP contribution < -0.4 is 15.4 Å². The molecule has 1 amide bonds. The number of nitrogens with one attached hydrogen (secondary N) is 2. The first-order valence-corrected chi connectivity index (χ1v) is 10.6. The second-order valence-electron chi connectivity index (χ2n) is 7.47. The minimum absolute atomic E-state index is 0.106. The minimum Gasteiger partial charge on any atom is -0.496 e. The van der Waals surface area contributed by atoms with E-state index in [0.717, 1.165) is 29.1 Å². The zero-order chi connectivity index (χ0) is 22.3. The fourth-order valence-corrected chi connectivity index (χ4v) is 3.41. The van der Waals surface area contributed by atoms with Crippen LogP contribution >= 0.6 is 0 Å². The maximum atomic E-state index is 12.3. The third-order valence-electron chi connectivity index (χ3n) is 5.17. The van der Waals surface area contributed by atoms with Crippen LogP contribution in [0.15, 0.2) is 60.7 Å². The van der Waals surface area contributed by atoms with E-state index in [-0.39, 0.29) is 5.91 Å². The molecule has 0 aliphatic heterocycles. The molecule has 0 unspecified atom stereocenters. The standard InChI is InChI=1S/C24H26N6O2/c1-17-7-9-19(10-8-17)24(31)26-16-14-23-28-27-22-12-11-21(29-30(22)23)25-15-13-18-5-3-4-6-20(18)32-2/h3-12H,13-16H2,1-2H3,(H,25,29)(H,26,31). The highest BCUT2D eigenvalue weighted by Crippen LogP contribution is 2.18. The van der Waals surface area contributed by atoms with Crippen LogP contribution in [0.5, 0.6) is 5.75 Å². The van der Waals surface area contributed by atoms with Crippen LogP contribution in [0.4, 0.5) is 5.82 Å².